The lowest BCUT2D eigenvalue weighted by atomic mass is 10.1. The van der Waals surface area contributed by atoms with Gasteiger partial charge in [-0.25, -0.2) is 8.42 Å². The number of anilines is 3. The zero-order chi connectivity index (χ0) is 24.0. The Morgan fingerprint density at radius 3 is 2.30 bits per heavy atom. The number of phenolic OH excluding ortho intramolecular Hbond substituents is 1. The monoisotopic (exact) mass is 469 g/mol. The molecule has 3 aromatic rings. The van der Waals surface area contributed by atoms with Crippen LogP contribution in [0.5, 0.6) is 11.5 Å². The second kappa shape index (κ2) is 10.0. The highest BCUT2D eigenvalue weighted by atomic mass is 32.2. The minimum atomic E-state index is -4.02. The number of nitrogens with one attached hydrogen (secondary N) is 3. The molecule has 0 aliphatic rings. The molecular formula is C23H23N3O6S. The van der Waals surface area contributed by atoms with Crippen LogP contribution in [0.2, 0.25) is 0 Å². The summed E-state index contributed by atoms with van der Waals surface area (Å²) in [6, 6.07) is 16.8. The lowest BCUT2D eigenvalue weighted by molar-refractivity contribution is -0.116. The first kappa shape index (κ1) is 23.6. The quantitative estimate of drug-likeness (QED) is 0.374. The Labute approximate surface area is 191 Å². The number of aromatic hydroxyl groups is 1. The van der Waals surface area contributed by atoms with Crippen molar-refractivity contribution in [3.05, 3.63) is 72.3 Å². The average molecular weight is 470 g/mol. The Morgan fingerprint density at radius 1 is 0.939 bits per heavy atom. The molecule has 0 heterocycles. The van der Waals surface area contributed by atoms with Crippen LogP contribution >= 0.6 is 0 Å². The van der Waals surface area contributed by atoms with Crippen LogP contribution in [0.15, 0.2) is 71.6 Å². The topological polar surface area (TPSA) is 134 Å². The molecule has 172 valence electrons. The van der Waals surface area contributed by atoms with E-state index >= 15 is 0 Å². The molecule has 3 aromatic carbocycles. The van der Waals surface area contributed by atoms with Crippen LogP contribution in [0.4, 0.5) is 17.1 Å². The molecule has 0 saturated carbocycles. The number of sulfonamides is 1. The maximum Gasteiger partial charge on any atom is 0.262 e. The third-order valence-corrected chi connectivity index (χ3v) is 5.91. The van der Waals surface area contributed by atoms with Gasteiger partial charge in [-0.15, -0.1) is 0 Å². The summed E-state index contributed by atoms with van der Waals surface area (Å²) >= 11 is 0. The van der Waals surface area contributed by atoms with Gasteiger partial charge in [-0.2, -0.15) is 0 Å². The predicted octanol–water partition coefficient (Wildman–Crippen LogP) is 3.34. The normalized spacial score (nSPS) is 10.8. The summed E-state index contributed by atoms with van der Waals surface area (Å²) in [5, 5.41) is 15.3. The summed E-state index contributed by atoms with van der Waals surface area (Å²) in [7, 11) is -2.60. The van der Waals surface area contributed by atoms with Crippen molar-refractivity contribution in [3.63, 3.8) is 0 Å². The fraction of sp³-hybridized carbons (Fsp3) is 0.130. The molecule has 9 nitrogen and oxygen atoms in total. The summed E-state index contributed by atoms with van der Waals surface area (Å²) in [6.07, 6.45) is -0.0176. The highest BCUT2D eigenvalue weighted by molar-refractivity contribution is 7.92. The lowest BCUT2D eigenvalue weighted by Gasteiger charge is -2.13. The summed E-state index contributed by atoms with van der Waals surface area (Å²) in [5.74, 6) is -0.589. The fourth-order valence-electron chi connectivity index (χ4n) is 3.00. The molecule has 0 saturated heterocycles. The molecule has 0 fully saturated rings. The third-order valence-electron chi connectivity index (χ3n) is 4.54. The van der Waals surface area contributed by atoms with E-state index in [2.05, 4.69) is 15.4 Å². The number of benzene rings is 3. The number of hydrogen-bond donors (Lipinski definition) is 4. The van der Waals surface area contributed by atoms with Crippen LogP contribution in [0.25, 0.3) is 0 Å². The SMILES string of the molecule is COc1ccccc1NS(=O)(=O)c1ccc(O)c(NC(=O)Cc2ccc(NC(C)=O)cc2)c1. The third kappa shape index (κ3) is 6.23. The maximum absolute atomic E-state index is 12.8. The Kier molecular flexibility index (Phi) is 7.19. The Hall–Kier alpha value is -4.05. The van der Waals surface area contributed by atoms with Crippen LogP contribution in [-0.4, -0.2) is 32.4 Å². The van der Waals surface area contributed by atoms with Gasteiger partial charge < -0.3 is 20.5 Å². The van der Waals surface area contributed by atoms with Gasteiger partial charge in [0.05, 0.1) is 29.8 Å². The van der Waals surface area contributed by atoms with E-state index in [1.165, 1.54) is 32.2 Å². The highest BCUT2D eigenvalue weighted by Crippen LogP contribution is 2.30. The van der Waals surface area contributed by atoms with Crippen LogP contribution in [0, 0.1) is 0 Å². The van der Waals surface area contributed by atoms with Crippen LogP contribution in [-0.2, 0) is 26.0 Å². The van der Waals surface area contributed by atoms with E-state index in [4.69, 9.17) is 4.74 Å². The molecule has 0 radical (unpaired) electrons. The van der Waals surface area contributed by atoms with Gasteiger partial charge in [0.1, 0.15) is 11.5 Å². The predicted molar refractivity (Wildman–Crippen MR) is 125 cm³/mol. The van der Waals surface area contributed by atoms with E-state index < -0.39 is 15.9 Å². The van der Waals surface area contributed by atoms with Crippen molar-refractivity contribution in [1.29, 1.82) is 0 Å². The number of carbonyl (C=O) groups is 2. The number of ether oxygens (including phenoxy) is 1. The molecule has 0 aromatic heterocycles. The van der Waals surface area contributed by atoms with Crippen LogP contribution in [0.3, 0.4) is 0 Å². The van der Waals surface area contributed by atoms with Crippen molar-refractivity contribution in [3.8, 4) is 11.5 Å². The van der Waals surface area contributed by atoms with Gasteiger partial charge in [-0.05, 0) is 48.0 Å². The second-order valence-electron chi connectivity index (χ2n) is 7.09. The number of methoxy groups -OCH3 is 1. The molecule has 4 N–H and O–H groups in total. The van der Waals surface area contributed by atoms with Crippen molar-refractivity contribution >= 4 is 38.9 Å². The average Bonchev–Trinajstić information content (AvgIpc) is 2.76. The van der Waals surface area contributed by atoms with Crippen molar-refractivity contribution in [2.45, 2.75) is 18.2 Å². The van der Waals surface area contributed by atoms with Gasteiger partial charge in [0.15, 0.2) is 0 Å². The Morgan fingerprint density at radius 2 is 1.64 bits per heavy atom. The zero-order valence-corrected chi connectivity index (χ0v) is 18.8. The first-order valence-electron chi connectivity index (χ1n) is 9.83. The smallest absolute Gasteiger partial charge is 0.262 e. The number of amides is 2. The summed E-state index contributed by atoms with van der Waals surface area (Å²) in [4.78, 5) is 23.4. The number of carbonyl (C=O) groups excluding carboxylic acids is 2. The van der Waals surface area contributed by atoms with E-state index in [1.54, 1.807) is 48.5 Å². The molecule has 0 spiro atoms. The van der Waals surface area contributed by atoms with E-state index in [-0.39, 0.29) is 34.3 Å². The molecule has 0 unspecified atom stereocenters. The van der Waals surface area contributed by atoms with Gasteiger partial charge >= 0.3 is 0 Å². The Bertz CT molecular complexity index is 1270. The number of para-hydroxylation sites is 2. The van der Waals surface area contributed by atoms with Crippen molar-refractivity contribution in [2.24, 2.45) is 0 Å². The molecule has 2 amide bonds. The van der Waals surface area contributed by atoms with E-state index in [9.17, 15) is 23.1 Å². The van der Waals surface area contributed by atoms with Gasteiger partial charge in [-0.3, -0.25) is 14.3 Å². The van der Waals surface area contributed by atoms with E-state index in [0.29, 0.717) is 17.0 Å². The molecule has 0 bridgehead atoms. The highest BCUT2D eigenvalue weighted by Gasteiger charge is 2.19. The zero-order valence-electron chi connectivity index (χ0n) is 18.0. The number of phenols is 1. The maximum atomic E-state index is 12.8. The van der Waals surface area contributed by atoms with Gasteiger partial charge in [0.25, 0.3) is 10.0 Å². The van der Waals surface area contributed by atoms with Gasteiger partial charge in [-0.1, -0.05) is 24.3 Å². The lowest BCUT2D eigenvalue weighted by Crippen LogP contribution is -2.16. The standard InChI is InChI=1S/C23H23N3O6S/c1-15(27)24-17-9-7-16(8-10-17)13-23(29)25-20-14-18(11-12-21(20)28)33(30,31)26-19-5-3-4-6-22(19)32-2/h3-12,14,26,28H,13H2,1-2H3,(H,24,27)(H,25,29). The van der Waals surface area contributed by atoms with E-state index in [1.807, 2.05) is 0 Å². The van der Waals surface area contributed by atoms with Gasteiger partial charge in [0, 0.05) is 12.6 Å². The molecule has 0 aliphatic heterocycles. The molecule has 3 rings (SSSR count). The molecule has 0 aliphatic carbocycles. The first-order chi connectivity index (χ1) is 15.7. The largest absolute Gasteiger partial charge is 0.506 e. The molecular weight excluding hydrogens is 446 g/mol. The molecule has 10 heteroatoms. The minimum absolute atomic E-state index is 0.0176. The van der Waals surface area contributed by atoms with Gasteiger partial charge in [0.2, 0.25) is 11.8 Å². The Balaban J connectivity index is 1.74. The minimum Gasteiger partial charge on any atom is -0.506 e. The number of hydrogen-bond acceptors (Lipinski definition) is 6. The summed E-state index contributed by atoms with van der Waals surface area (Å²) in [6.45, 7) is 1.40. The van der Waals surface area contributed by atoms with Crippen molar-refractivity contribution < 1.29 is 27.9 Å². The fourth-order valence-corrected chi connectivity index (χ4v) is 4.10. The molecule has 33 heavy (non-hydrogen) atoms. The number of rotatable bonds is 8. The van der Waals surface area contributed by atoms with E-state index in [0.717, 1.165) is 0 Å². The van der Waals surface area contributed by atoms with Crippen molar-refractivity contribution in [2.75, 3.05) is 22.5 Å². The first-order valence-corrected chi connectivity index (χ1v) is 11.3. The van der Waals surface area contributed by atoms with Crippen LogP contribution in [0.1, 0.15) is 12.5 Å². The summed E-state index contributed by atoms with van der Waals surface area (Å²) in [5.41, 5.74) is 1.48. The second-order valence-corrected chi connectivity index (χ2v) is 8.77. The van der Waals surface area contributed by atoms with Crippen LogP contribution < -0.4 is 20.1 Å². The van der Waals surface area contributed by atoms with Crippen molar-refractivity contribution in [1.82, 2.24) is 0 Å². The molecule has 0 atom stereocenters. The summed E-state index contributed by atoms with van der Waals surface area (Å²) < 4.78 is 33.3.